The smallest absolute Gasteiger partial charge is 0.307 e. The lowest BCUT2D eigenvalue weighted by Crippen LogP contribution is -2.75. The molecule has 1 saturated carbocycles. The van der Waals surface area contributed by atoms with Crippen LogP contribution < -0.4 is 4.90 Å². The molecule has 1 spiro atoms. The number of fused-ring (bicyclic) bond motifs is 1. The summed E-state index contributed by atoms with van der Waals surface area (Å²) in [5.74, 6) is -0.987. The molecule has 0 radical (unpaired) electrons. The van der Waals surface area contributed by atoms with Gasteiger partial charge in [0.05, 0.1) is 17.8 Å². The number of aromatic nitrogens is 1. The Morgan fingerprint density at radius 2 is 1.80 bits per heavy atom. The number of carboxylic acids is 1. The van der Waals surface area contributed by atoms with Crippen LogP contribution in [0.15, 0.2) is 36.4 Å². The minimum atomic E-state index is -0.805. The van der Waals surface area contributed by atoms with Crippen LogP contribution in [0.1, 0.15) is 78.7 Å². The lowest BCUT2D eigenvalue weighted by atomic mass is 9.53. The molecule has 0 amide bonds. The normalized spacial score (nSPS) is 26.4. The molecule has 3 saturated heterocycles. The second-order valence-corrected chi connectivity index (χ2v) is 16.8. The van der Waals surface area contributed by atoms with Crippen molar-refractivity contribution in [2.24, 2.45) is 10.8 Å². The minimum Gasteiger partial charge on any atom is -0.481 e. The molecule has 260 valence electrons. The van der Waals surface area contributed by atoms with Crippen LogP contribution in [0.4, 0.5) is 10.1 Å². The molecule has 1 N–H and O–H groups in total. The number of carboxylic acid groups (broad SMARTS) is 1. The zero-order valence-electron chi connectivity index (χ0n) is 30.0. The molecule has 5 heterocycles. The molecular weight excluding hydrogens is 613 g/mol. The van der Waals surface area contributed by atoms with Gasteiger partial charge in [-0.05, 0) is 98.4 Å². The number of halogens is 1. The van der Waals surface area contributed by atoms with Gasteiger partial charge in [0, 0.05) is 86.7 Å². The molecule has 0 bridgehead atoms. The topological polar surface area (TPSA) is 63.1 Å². The van der Waals surface area contributed by atoms with Gasteiger partial charge in [-0.2, -0.15) is 0 Å². The number of pyridine rings is 1. The van der Waals surface area contributed by atoms with Gasteiger partial charge in [-0.25, -0.2) is 4.39 Å². The fraction of sp³-hybridized carbons (Fsp3) is 0.561. The van der Waals surface area contributed by atoms with Crippen LogP contribution in [0.3, 0.4) is 0 Å². The van der Waals surface area contributed by atoms with E-state index in [2.05, 4.69) is 58.7 Å². The van der Waals surface area contributed by atoms with Gasteiger partial charge in [-0.1, -0.05) is 38.1 Å². The monoisotopic (exact) mass is 665 g/mol. The van der Waals surface area contributed by atoms with Gasteiger partial charge in [0.15, 0.2) is 0 Å². The fourth-order valence-electron chi connectivity index (χ4n) is 10.1. The maximum Gasteiger partial charge on any atom is 0.307 e. The summed E-state index contributed by atoms with van der Waals surface area (Å²) in [5.41, 5.74) is 11.8. The molecule has 3 aromatic rings. The second-order valence-electron chi connectivity index (χ2n) is 16.8. The van der Waals surface area contributed by atoms with Crippen LogP contribution in [0.5, 0.6) is 0 Å². The van der Waals surface area contributed by atoms with E-state index in [1.165, 1.54) is 41.6 Å². The number of likely N-dealkylation sites (N-methyl/N-ethyl adjacent to an activating group) is 1. The highest BCUT2D eigenvalue weighted by Crippen LogP contribution is 2.61. The first-order valence-corrected chi connectivity index (χ1v) is 18.4. The van der Waals surface area contributed by atoms with E-state index >= 15 is 0 Å². The van der Waals surface area contributed by atoms with Crippen molar-refractivity contribution in [3.8, 4) is 11.1 Å². The molecule has 8 rings (SSSR count). The molecule has 5 aliphatic rings. The number of hydrogen-bond donors (Lipinski definition) is 1. The van der Waals surface area contributed by atoms with Crippen LogP contribution in [0.25, 0.3) is 11.1 Å². The molecule has 3 unspecified atom stereocenters. The molecule has 7 nitrogen and oxygen atoms in total. The maximum absolute atomic E-state index is 13.8. The maximum atomic E-state index is 13.8. The van der Waals surface area contributed by atoms with Crippen molar-refractivity contribution in [2.45, 2.75) is 97.9 Å². The van der Waals surface area contributed by atoms with E-state index in [1.807, 2.05) is 19.9 Å². The molecular formula is C41H52FN5O2. The van der Waals surface area contributed by atoms with E-state index < -0.39 is 5.97 Å². The first kappa shape index (κ1) is 32.9. The van der Waals surface area contributed by atoms with Crippen molar-refractivity contribution in [1.29, 1.82) is 0 Å². The van der Waals surface area contributed by atoms with Crippen LogP contribution in [0.2, 0.25) is 0 Å². The first-order chi connectivity index (χ1) is 23.4. The Hall–Kier alpha value is -3.33. The van der Waals surface area contributed by atoms with Gasteiger partial charge in [-0.3, -0.25) is 19.6 Å². The summed E-state index contributed by atoms with van der Waals surface area (Å²) in [4.78, 5) is 27.9. The minimum absolute atomic E-state index is 0.0209. The predicted octanol–water partition coefficient (Wildman–Crippen LogP) is 6.59. The van der Waals surface area contributed by atoms with Crippen LogP contribution in [-0.2, 0) is 37.3 Å². The SMILES string of the molecule is Cc1cc(F)ccc1CN1CCc2cc(-c3c(CN4C5CCC56CN(C)CC46)nc(C)c(CC(=O)O)c3N3CCC(C)(C)CC3)ccc2C1. The molecule has 8 heteroatoms. The number of aryl methyl sites for hydroxylation is 2. The summed E-state index contributed by atoms with van der Waals surface area (Å²) in [6.07, 6.45) is 5.67. The van der Waals surface area contributed by atoms with Crippen LogP contribution in [-0.4, -0.2) is 82.6 Å². The van der Waals surface area contributed by atoms with Crippen molar-refractivity contribution in [3.63, 3.8) is 0 Å². The van der Waals surface area contributed by atoms with E-state index in [-0.39, 0.29) is 17.7 Å². The van der Waals surface area contributed by atoms with Gasteiger partial charge in [0.25, 0.3) is 0 Å². The average Bonchev–Trinajstić information content (AvgIpc) is 3.39. The Morgan fingerprint density at radius 1 is 1.00 bits per heavy atom. The third kappa shape index (κ3) is 5.78. The highest BCUT2D eigenvalue weighted by atomic mass is 19.1. The second kappa shape index (κ2) is 12.2. The Bertz CT molecular complexity index is 1800. The summed E-state index contributed by atoms with van der Waals surface area (Å²) in [5, 5.41) is 10.2. The van der Waals surface area contributed by atoms with Crippen LogP contribution in [0, 0.1) is 30.5 Å². The van der Waals surface area contributed by atoms with E-state index in [9.17, 15) is 14.3 Å². The Balaban J connectivity index is 1.18. The summed E-state index contributed by atoms with van der Waals surface area (Å²) < 4.78 is 13.8. The van der Waals surface area contributed by atoms with Gasteiger partial charge >= 0.3 is 5.97 Å². The summed E-state index contributed by atoms with van der Waals surface area (Å²) in [7, 11) is 2.26. The van der Waals surface area contributed by atoms with Gasteiger partial charge < -0.3 is 14.9 Å². The number of rotatable bonds is 8. The number of likely N-dealkylation sites (tertiary alicyclic amines) is 2. The zero-order chi connectivity index (χ0) is 34.2. The molecule has 1 aliphatic carbocycles. The standard InChI is InChI=1S/C41H52FN5O2/c1-26-18-32(42)9-8-30(26)21-45-15-11-28-19-29(6-7-31(28)22-45)38-34(23-47-35-10-12-41(35)25-44(5)24-36(41)47)43-27(2)33(20-37(48)49)39(38)46-16-13-40(3,4)14-17-46/h6-9,18-19,35-36H,10-17,20-25H2,1-5H3,(H,48,49). The summed E-state index contributed by atoms with van der Waals surface area (Å²) in [6.45, 7) is 16.3. The molecule has 3 atom stereocenters. The average molecular weight is 666 g/mol. The van der Waals surface area contributed by atoms with Crippen molar-refractivity contribution in [2.75, 3.05) is 44.7 Å². The van der Waals surface area contributed by atoms with Gasteiger partial charge in [-0.15, -0.1) is 0 Å². The molecule has 49 heavy (non-hydrogen) atoms. The van der Waals surface area contributed by atoms with E-state index in [0.29, 0.717) is 17.5 Å². The zero-order valence-corrected chi connectivity index (χ0v) is 30.0. The number of carbonyl (C=O) groups is 1. The highest BCUT2D eigenvalue weighted by molar-refractivity contribution is 5.87. The predicted molar refractivity (Wildman–Crippen MR) is 192 cm³/mol. The van der Waals surface area contributed by atoms with E-state index in [4.69, 9.17) is 4.98 Å². The number of piperidine rings is 2. The molecule has 1 aromatic heterocycles. The lowest BCUT2D eigenvalue weighted by molar-refractivity contribution is -0.182. The fourth-order valence-corrected chi connectivity index (χ4v) is 10.1. The Kier molecular flexibility index (Phi) is 8.16. The van der Waals surface area contributed by atoms with Crippen molar-refractivity contribution < 1.29 is 14.3 Å². The van der Waals surface area contributed by atoms with Gasteiger partial charge in [0.1, 0.15) is 5.82 Å². The van der Waals surface area contributed by atoms with Crippen molar-refractivity contribution >= 4 is 11.7 Å². The number of aliphatic carboxylic acids is 1. The quantitative estimate of drug-likeness (QED) is 0.291. The van der Waals surface area contributed by atoms with Crippen LogP contribution >= 0.6 is 0 Å². The Labute approximate surface area is 291 Å². The number of anilines is 1. The summed E-state index contributed by atoms with van der Waals surface area (Å²) in [6, 6.07) is 13.3. The summed E-state index contributed by atoms with van der Waals surface area (Å²) >= 11 is 0. The number of benzene rings is 2. The molecule has 2 aromatic carbocycles. The van der Waals surface area contributed by atoms with Crippen molar-refractivity contribution in [3.05, 3.63) is 81.4 Å². The van der Waals surface area contributed by atoms with Crippen molar-refractivity contribution in [1.82, 2.24) is 19.7 Å². The number of nitrogens with zero attached hydrogens (tertiary/aromatic N) is 5. The highest BCUT2D eigenvalue weighted by Gasteiger charge is 2.68. The van der Waals surface area contributed by atoms with E-state index in [1.54, 1.807) is 12.1 Å². The Morgan fingerprint density at radius 3 is 2.51 bits per heavy atom. The molecule has 4 fully saturated rings. The third-order valence-corrected chi connectivity index (χ3v) is 13.0. The van der Waals surface area contributed by atoms with Gasteiger partial charge in [0.2, 0.25) is 0 Å². The first-order valence-electron chi connectivity index (χ1n) is 18.4. The number of hydrogen-bond acceptors (Lipinski definition) is 6. The largest absolute Gasteiger partial charge is 0.481 e. The molecule has 4 aliphatic heterocycles. The third-order valence-electron chi connectivity index (χ3n) is 13.0. The van der Waals surface area contributed by atoms with E-state index in [0.717, 1.165) is 98.8 Å². The lowest BCUT2D eigenvalue weighted by Gasteiger charge is -2.68.